The summed E-state index contributed by atoms with van der Waals surface area (Å²) in [6.45, 7) is 7.48. The molecule has 8 heteroatoms. The van der Waals surface area contributed by atoms with Crippen molar-refractivity contribution in [1.82, 2.24) is 20.2 Å². The van der Waals surface area contributed by atoms with Gasteiger partial charge in [0.2, 0.25) is 5.69 Å². The Labute approximate surface area is 115 Å². The van der Waals surface area contributed by atoms with Gasteiger partial charge >= 0.3 is 5.97 Å². The molecule has 0 bridgehead atoms. The second kappa shape index (κ2) is 5.32. The Balaban J connectivity index is 2.23. The number of aryl methyl sites for hydroxylation is 2. The minimum atomic E-state index is -0.581. The van der Waals surface area contributed by atoms with Gasteiger partial charge in [-0.05, 0) is 27.7 Å². The number of nitrogens with zero attached hydrogens (tertiary/aromatic N) is 4. The third kappa shape index (κ3) is 2.63. The summed E-state index contributed by atoms with van der Waals surface area (Å²) in [6, 6.07) is 0. The highest BCUT2D eigenvalue weighted by molar-refractivity contribution is 5.91. The minimum absolute atomic E-state index is 0.0189. The molecule has 2 N–H and O–H groups in total. The van der Waals surface area contributed by atoms with Gasteiger partial charge in [-0.2, -0.15) is 0 Å². The third-order valence-electron chi connectivity index (χ3n) is 2.80. The lowest BCUT2D eigenvalue weighted by atomic mass is 10.2. The van der Waals surface area contributed by atoms with Crippen molar-refractivity contribution in [2.75, 3.05) is 5.73 Å². The van der Waals surface area contributed by atoms with Crippen LogP contribution in [0.15, 0.2) is 4.52 Å². The van der Waals surface area contributed by atoms with Gasteiger partial charge in [0, 0.05) is 5.56 Å². The fourth-order valence-corrected chi connectivity index (χ4v) is 1.73. The second-order valence-corrected chi connectivity index (χ2v) is 4.74. The van der Waals surface area contributed by atoms with E-state index < -0.39 is 5.97 Å². The van der Waals surface area contributed by atoms with Crippen LogP contribution >= 0.6 is 0 Å². The Hall–Kier alpha value is -2.38. The average Bonchev–Trinajstić information content (AvgIpc) is 2.87. The number of anilines is 1. The van der Waals surface area contributed by atoms with Gasteiger partial charge in [-0.1, -0.05) is 10.4 Å². The largest absolute Gasteiger partial charge is 0.458 e. The van der Waals surface area contributed by atoms with Crippen molar-refractivity contribution in [2.24, 2.45) is 0 Å². The number of ether oxygens (including phenoxy) is 1. The normalized spacial score (nSPS) is 11.1. The van der Waals surface area contributed by atoms with Crippen molar-refractivity contribution < 1.29 is 14.1 Å². The molecule has 0 fully saturated rings. The van der Waals surface area contributed by atoms with Gasteiger partial charge in [-0.15, -0.1) is 5.10 Å². The molecule has 0 aromatic carbocycles. The molecule has 0 aliphatic heterocycles. The van der Waals surface area contributed by atoms with E-state index in [1.165, 1.54) is 4.68 Å². The summed E-state index contributed by atoms with van der Waals surface area (Å²) in [5.74, 6) is 0.266. The highest BCUT2D eigenvalue weighted by Gasteiger charge is 2.21. The van der Waals surface area contributed by atoms with E-state index in [0.29, 0.717) is 12.3 Å². The zero-order valence-electron chi connectivity index (χ0n) is 11.9. The number of carbonyl (C=O) groups excluding carboxylic acids is 1. The van der Waals surface area contributed by atoms with E-state index in [1.807, 2.05) is 6.92 Å². The van der Waals surface area contributed by atoms with Crippen molar-refractivity contribution in [3.63, 3.8) is 0 Å². The first-order valence-corrected chi connectivity index (χ1v) is 6.21. The summed E-state index contributed by atoms with van der Waals surface area (Å²) in [5, 5.41) is 11.5. The maximum absolute atomic E-state index is 11.8. The number of hydrogen-bond donors (Lipinski definition) is 1. The van der Waals surface area contributed by atoms with Crippen LogP contribution < -0.4 is 5.73 Å². The molecule has 2 rings (SSSR count). The van der Waals surface area contributed by atoms with E-state index >= 15 is 0 Å². The van der Waals surface area contributed by atoms with Crippen LogP contribution in [0, 0.1) is 13.8 Å². The standard InChI is InChI=1S/C12H17N5O3/c1-6(2)19-12(18)10-11(13)17(16-14-10)5-9-7(3)15-20-8(9)4/h6H,5,13H2,1-4H3. The molecule has 0 unspecified atom stereocenters. The second-order valence-electron chi connectivity index (χ2n) is 4.74. The van der Waals surface area contributed by atoms with Gasteiger partial charge in [0.15, 0.2) is 5.82 Å². The topological polar surface area (TPSA) is 109 Å². The van der Waals surface area contributed by atoms with Crippen LogP contribution in [0.4, 0.5) is 5.82 Å². The van der Waals surface area contributed by atoms with Gasteiger partial charge in [0.1, 0.15) is 5.76 Å². The predicted octanol–water partition coefficient (Wildman–Crippen LogP) is 1.08. The highest BCUT2D eigenvalue weighted by Crippen LogP contribution is 2.17. The van der Waals surface area contributed by atoms with Crippen LogP contribution in [-0.2, 0) is 11.3 Å². The molecule has 2 aromatic heterocycles. The molecule has 0 amide bonds. The zero-order valence-corrected chi connectivity index (χ0v) is 11.9. The molecule has 8 nitrogen and oxygen atoms in total. The van der Waals surface area contributed by atoms with Crippen molar-refractivity contribution in [3.05, 3.63) is 22.7 Å². The number of esters is 1. The molecule has 0 aliphatic rings. The first-order valence-electron chi connectivity index (χ1n) is 6.21. The number of hydrogen-bond acceptors (Lipinski definition) is 7. The maximum Gasteiger partial charge on any atom is 0.363 e. The summed E-state index contributed by atoms with van der Waals surface area (Å²) in [7, 11) is 0. The van der Waals surface area contributed by atoms with Gasteiger partial charge in [0.05, 0.1) is 18.3 Å². The fourth-order valence-electron chi connectivity index (χ4n) is 1.73. The van der Waals surface area contributed by atoms with Crippen molar-refractivity contribution in [3.8, 4) is 0 Å². The molecule has 0 radical (unpaired) electrons. The predicted molar refractivity (Wildman–Crippen MR) is 70.1 cm³/mol. The van der Waals surface area contributed by atoms with Gasteiger partial charge in [0.25, 0.3) is 0 Å². The van der Waals surface area contributed by atoms with Crippen LogP contribution in [0.2, 0.25) is 0 Å². The van der Waals surface area contributed by atoms with Gasteiger partial charge in [-0.3, -0.25) is 0 Å². The molecule has 2 heterocycles. The Morgan fingerprint density at radius 1 is 1.45 bits per heavy atom. The molecule has 0 spiro atoms. The molecular weight excluding hydrogens is 262 g/mol. The van der Waals surface area contributed by atoms with Crippen molar-refractivity contribution >= 4 is 11.8 Å². The maximum atomic E-state index is 11.8. The van der Waals surface area contributed by atoms with E-state index in [-0.39, 0.29) is 17.6 Å². The highest BCUT2D eigenvalue weighted by atomic mass is 16.5. The Morgan fingerprint density at radius 3 is 2.70 bits per heavy atom. The van der Waals surface area contributed by atoms with Crippen molar-refractivity contribution in [2.45, 2.75) is 40.3 Å². The molecule has 2 aromatic rings. The van der Waals surface area contributed by atoms with Crippen LogP contribution in [-0.4, -0.2) is 32.2 Å². The van der Waals surface area contributed by atoms with Crippen LogP contribution in [0.5, 0.6) is 0 Å². The summed E-state index contributed by atoms with van der Waals surface area (Å²) in [4.78, 5) is 11.8. The Kier molecular flexibility index (Phi) is 3.73. The number of nitrogens with two attached hydrogens (primary N) is 1. The average molecular weight is 279 g/mol. The summed E-state index contributed by atoms with van der Waals surface area (Å²) in [6.07, 6.45) is -0.241. The number of aromatic nitrogens is 4. The first kappa shape index (κ1) is 14.0. The van der Waals surface area contributed by atoms with Crippen LogP contribution in [0.25, 0.3) is 0 Å². The number of nitrogen functional groups attached to an aromatic ring is 1. The van der Waals surface area contributed by atoms with E-state index in [9.17, 15) is 4.79 Å². The first-order chi connectivity index (χ1) is 9.40. The molecule has 0 saturated heterocycles. The zero-order chi connectivity index (χ0) is 14.9. The van der Waals surface area contributed by atoms with Gasteiger partial charge in [-0.25, -0.2) is 9.48 Å². The summed E-state index contributed by atoms with van der Waals surface area (Å²) >= 11 is 0. The lowest BCUT2D eigenvalue weighted by Crippen LogP contribution is -2.14. The molecule has 20 heavy (non-hydrogen) atoms. The number of rotatable bonds is 4. The van der Waals surface area contributed by atoms with Crippen LogP contribution in [0.3, 0.4) is 0 Å². The molecule has 0 saturated carbocycles. The SMILES string of the molecule is Cc1noc(C)c1Cn1nnc(C(=O)OC(C)C)c1N. The van der Waals surface area contributed by atoms with E-state index in [2.05, 4.69) is 15.5 Å². The van der Waals surface area contributed by atoms with Crippen LogP contribution in [0.1, 0.15) is 41.4 Å². The molecule has 0 aliphatic carbocycles. The molecular formula is C12H17N5O3. The molecule has 0 atom stereocenters. The smallest absolute Gasteiger partial charge is 0.363 e. The third-order valence-corrected chi connectivity index (χ3v) is 2.80. The van der Waals surface area contributed by atoms with E-state index in [1.54, 1.807) is 20.8 Å². The molecule has 108 valence electrons. The Morgan fingerprint density at radius 2 is 2.15 bits per heavy atom. The summed E-state index contributed by atoms with van der Waals surface area (Å²) < 4.78 is 11.5. The van der Waals surface area contributed by atoms with E-state index in [0.717, 1.165) is 11.3 Å². The monoisotopic (exact) mass is 279 g/mol. The lowest BCUT2D eigenvalue weighted by Gasteiger charge is -2.06. The quantitative estimate of drug-likeness (QED) is 0.834. The van der Waals surface area contributed by atoms with Crippen molar-refractivity contribution in [1.29, 1.82) is 0 Å². The summed E-state index contributed by atoms with van der Waals surface area (Å²) in [5.41, 5.74) is 7.52. The van der Waals surface area contributed by atoms with E-state index in [4.69, 9.17) is 15.0 Å². The van der Waals surface area contributed by atoms with Gasteiger partial charge < -0.3 is 15.0 Å². The Bertz CT molecular complexity index is 610. The minimum Gasteiger partial charge on any atom is -0.458 e. The fraction of sp³-hybridized carbons (Fsp3) is 0.500. The number of carbonyl (C=O) groups is 1. The lowest BCUT2D eigenvalue weighted by molar-refractivity contribution is 0.0372.